The van der Waals surface area contributed by atoms with Gasteiger partial charge in [0.25, 0.3) is 0 Å². The Kier molecular flexibility index (Phi) is 5.51. The predicted octanol–water partition coefficient (Wildman–Crippen LogP) is 4.97. The molecule has 0 spiro atoms. The number of rotatable bonds is 6. The molecule has 0 bridgehead atoms. The molecule has 2 aromatic carbocycles. The molecule has 0 aliphatic heterocycles. The summed E-state index contributed by atoms with van der Waals surface area (Å²) in [4.78, 5) is 8.90. The van der Waals surface area contributed by atoms with Crippen LogP contribution in [0.15, 0.2) is 54.6 Å². The number of hydrogen-bond acceptors (Lipinski definition) is 4. The fraction of sp³-hybridized carbons (Fsp3) is 0.200. The lowest BCUT2D eigenvalue weighted by atomic mass is 10.1. The van der Waals surface area contributed by atoms with E-state index in [2.05, 4.69) is 51.8 Å². The zero-order chi connectivity index (χ0) is 17.6. The molecule has 1 aromatic heterocycles. The van der Waals surface area contributed by atoms with E-state index < -0.39 is 0 Å². The molecule has 2 N–H and O–H groups in total. The highest BCUT2D eigenvalue weighted by Crippen LogP contribution is 2.18. The van der Waals surface area contributed by atoms with Gasteiger partial charge in [-0.3, -0.25) is 0 Å². The molecule has 0 unspecified atom stereocenters. The maximum Gasteiger partial charge on any atom is 0.132 e. The van der Waals surface area contributed by atoms with Crippen LogP contribution in [0, 0.1) is 13.8 Å². The van der Waals surface area contributed by atoms with Gasteiger partial charge in [0.2, 0.25) is 0 Å². The highest BCUT2D eigenvalue weighted by Gasteiger charge is 2.04. The lowest BCUT2D eigenvalue weighted by molar-refractivity contribution is 1.00. The summed E-state index contributed by atoms with van der Waals surface area (Å²) in [5.41, 5.74) is 3.51. The predicted molar refractivity (Wildman–Crippen MR) is 104 cm³/mol. The Labute approximate surface area is 153 Å². The summed E-state index contributed by atoms with van der Waals surface area (Å²) in [5, 5.41) is 7.43. The zero-order valence-electron chi connectivity index (χ0n) is 14.4. The number of aryl methyl sites for hydroxylation is 2. The van der Waals surface area contributed by atoms with Crippen LogP contribution in [-0.4, -0.2) is 9.97 Å². The van der Waals surface area contributed by atoms with E-state index in [9.17, 15) is 0 Å². The van der Waals surface area contributed by atoms with Gasteiger partial charge in [-0.15, -0.1) is 0 Å². The summed E-state index contributed by atoms with van der Waals surface area (Å²) in [6, 6.07) is 18.1. The number of aromatic nitrogens is 2. The second kappa shape index (κ2) is 7.99. The summed E-state index contributed by atoms with van der Waals surface area (Å²) in [6.45, 7) is 5.32. The minimum atomic E-state index is 0.618. The van der Waals surface area contributed by atoms with Crippen LogP contribution in [0.25, 0.3) is 0 Å². The maximum atomic E-state index is 6.20. The maximum absolute atomic E-state index is 6.20. The molecule has 0 aliphatic carbocycles. The first-order chi connectivity index (χ1) is 12.1. The van der Waals surface area contributed by atoms with Gasteiger partial charge in [-0.25, -0.2) is 9.97 Å². The number of benzene rings is 2. The molecule has 0 amide bonds. The highest BCUT2D eigenvalue weighted by molar-refractivity contribution is 6.31. The van der Waals surface area contributed by atoms with Crippen molar-refractivity contribution in [1.82, 2.24) is 9.97 Å². The van der Waals surface area contributed by atoms with Crippen LogP contribution < -0.4 is 10.6 Å². The third-order valence-electron chi connectivity index (χ3n) is 3.81. The van der Waals surface area contributed by atoms with Crippen molar-refractivity contribution < 1.29 is 0 Å². The first-order valence-corrected chi connectivity index (χ1v) is 8.60. The number of anilines is 2. The van der Waals surface area contributed by atoms with Gasteiger partial charge in [0, 0.05) is 24.2 Å². The van der Waals surface area contributed by atoms with Crippen molar-refractivity contribution in [3.05, 3.63) is 82.1 Å². The molecule has 0 fully saturated rings. The van der Waals surface area contributed by atoms with E-state index in [1.807, 2.05) is 37.3 Å². The number of hydrogen-bond donors (Lipinski definition) is 2. The van der Waals surface area contributed by atoms with E-state index in [1.54, 1.807) is 0 Å². The smallest absolute Gasteiger partial charge is 0.132 e. The van der Waals surface area contributed by atoms with Crippen LogP contribution in [0.3, 0.4) is 0 Å². The first-order valence-electron chi connectivity index (χ1n) is 8.22. The van der Waals surface area contributed by atoms with E-state index in [1.165, 1.54) is 11.1 Å². The number of nitrogens with zero attached hydrogens (tertiary/aromatic N) is 2. The lowest BCUT2D eigenvalue weighted by Gasteiger charge is -2.11. The fourth-order valence-electron chi connectivity index (χ4n) is 2.59. The third-order valence-corrected chi connectivity index (χ3v) is 4.18. The van der Waals surface area contributed by atoms with Crippen LogP contribution in [-0.2, 0) is 13.1 Å². The minimum absolute atomic E-state index is 0.618. The molecule has 3 rings (SSSR count). The van der Waals surface area contributed by atoms with Crippen molar-refractivity contribution in [2.45, 2.75) is 26.9 Å². The van der Waals surface area contributed by atoms with Crippen molar-refractivity contribution in [2.75, 3.05) is 10.6 Å². The Bertz CT molecular complexity index is 864. The zero-order valence-corrected chi connectivity index (χ0v) is 15.1. The van der Waals surface area contributed by atoms with E-state index in [-0.39, 0.29) is 0 Å². The van der Waals surface area contributed by atoms with Crippen LogP contribution >= 0.6 is 11.6 Å². The molecule has 1 heterocycles. The molecule has 25 heavy (non-hydrogen) atoms. The summed E-state index contributed by atoms with van der Waals surface area (Å²) in [5.74, 6) is 2.30. The van der Waals surface area contributed by atoms with Gasteiger partial charge in [0.1, 0.15) is 17.5 Å². The highest BCUT2D eigenvalue weighted by atomic mass is 35.5. The molecular weight excluding hydrogens is 332 g/mol. The van der Waals surface area contributed by atoms with E-state index >= 15 is 0 Å². The van der Waals surface area contributed by atoms with Crippen LogP contribution in [0.5, 0.6) is 0 Å². The molecule has 0 atom stereocenters. The van der Waals surface area contributed by atoms with Crippen molar-refractivity contribution in [2.24, 2.45) is 0 Å². The number of nitrogens with one attached hydrogen (secondary N) is 2. The molecule has 4 nitrogen and oxygen atoms in total. The summed E-state index contributed by atoms with van der Waals surface area (Å²) < 4.78 is 0. The van der Waals surface area contributed by atoms with Crippen molar-refractivity contribution in [1.29, 1.82) is 0 Å². The Morgan fingerprint density at radius 1 is 0.840 bits per heavy atom. The second-order valence-electron chi connectivity index (χ2n) is 5.97. The summed E-state index contributed by atoms with van der Waals surface area (Å²) in [7, 11) is 0. The quantitative estimate of drug-likeness (QED) is 0.657. The van der Waals surface area contributed by atoms with Gasteiger partial charge >= 0.3 is 0 Å². The largest absolute Gasteiger partial charge is 0.366 e. The molecule has 0 aliphatic rings. The van der Waals surface area contributed by atoms with E-state index in [0.29, 0.717) is 6.54 Å². The summed E-state index contributed by atoms with van der Waals surface area (Å²) in [6.07, 6.45) is 0. The van der Waals surface area contributed by atoms with Gasteiger partial charge in [-0.1, -0.05) is 59.6 Å². The Morgan fingerprint density at radius 3 is 2.28 bits per heavy atom. The van der Waals surface area contributed by atoms with Crippen LogP contribution in [0.1, 0.15) is 22.5 Å². The van der Waals surface area contributed by atoms with Gasteiger partial charge in [0.05, 0.1) is 0 Å². The molecule has 0 saturated heterocycles. The van der Waals surface area contributed by atoms with Crippen molar-refractivity contribution >= 4 is 23.2 Å². The average Bonchev–Trinajstić information content (AvgIpc) is 2.59. The van der Waals surface area contributed by atoms with Gasteiger partial charge < -0.3 is 10.6 Å². The normalized spacial score (nSPS) is 10.5. The van der Waals surface area contributed by atoms with Crippen LogP contribution in [0.4, 0.5) is 11.6 Å². The van der Waals surface area contributed by atoms with E-state index in [4.69, 9.17) is 11.6 Å². The molecule has 0 radical (unpaired) electrons. The molecule has 5 heteroatoms. The monoisotopic (exact) mass is 352 g/mol. The molecule has 0 saturated carbocycles. The Morgan fingerprint density at radius 2 is 1.56 bits per heavy atom. The lowest BCUT2D eigenvalue weighted by Crippen LogP contribution is -2.07. The van der Waals surface area contributed by atoms with Crippen molar-refractivity contribution in [3.8, 4) is 0 Å². The Hall–Kier alpha value is -2.59. The standard InChI is InChI=1S/C20H21ClN4/c1-14-6-5-7-16(10-14)12-22-19-11-20(25-15(2)24-19)23-13-17-8-3-4-9-18(17)21/h3-11H,12-13H2,1-2H3,(H2,22,23,24,25). The summed E-state index contributed by atoms with van der Waals surface area (Å²) >= 11 is 6.20. The first kappa shape index (κ1) is 17.2. The molecular formula is C20H21ClN4. The second-order valence-corrected chi connectivity index (χ2v) is 6.38. The topological polar surface area (TPSA) is 49.8 Å². The van der Waals surface area contributed by atoms with Gasteiger partial charge in [-0.05, 0) is 31.0 Å². The molecule has 128 valence electrons. The van der Waals surface area contributed by atoms with Crippen LogP contribution in [0.2, 0.25) is 5.02 Å². The minimum Gasteiger partial charge on any atom is -0.366 e. The van der Waals surface area contributed by atoms with Gasteiger partial charge in [-0.2, -0.15) is 0 Å². The SMILES string of the molecule is Cc1cccc(CNc2cc(NCc3ccccc3Cl)nc(C)n2)c1. The number of halogens is 1. The third kappa shape index (κ3) is 4.94. The van der Waals surface area contributed by atoms with E-state index in [0.717, 1.165) is 34.6 Å². The molecule has 3 aromatic rings. The Balaban J connectivity index is 1.67. The average molecular weight is 353 g/mol. The van der Waals surface area contributed by atoms with Gasteiger partial charge in [0.15, 0.2) is 0 Å². The fourth-order valence-corrected chi connectivity index (χ4v) is 2.79. The van der Waals surface area contributed by atoms with Crippen molar-refractivity contribution in [3.63, 3.8) is 0 Å².